The highest BCUT2D eigenvalue weighted by atomic mass is 16.3. The van der Waals surface area contributed by atoms with Crippen LogP contribution in [0, 0.1) is 0 Å². The molecule has 11 aromatic rings. The van der Waals surface area contributed by atoms with E-state index in [0.29, 0.717) is 0 Å². The summed E-state index contributed by atoms with van der Waals surface area (Å²) in [7, 11) is 0. The van der Waals surface area contributed by atoms with Crippen LogP contribution >= 0.6 is 0 Å². The van der Waals surface area contributed by atoms with Gasteiger partial charge in [-0.1, -0.05) is 164 Å². The Balaban J connectivity index is 1.16. The molecule has 0 amide bonds. The van der Waals surface area contributed by atoms with Crippen LogP contribution in [0.5, 0.6) is 0 Å². The Bertz CT molecular complexity index is 3130. The zero-order valence-electron chi connectivity index (χ0n) is 27.7. The number of fused-ring (bicyclic) bond motifs is 9. The van der Waals surface area contributed by atoms with Crippen LogP contribution in [-0.2, 0) is 0 Å². The van der Waals surface area contributed by atoms with E-state index in [1.165, 1.54) is 76.3 Å². The molecule has 236 valence electrons. The Morgan fingerprint density at radius 2 is 0.745 bits per heavy atom. The Labute approximate surface area is 294 Å². The van der Waals surface area contributed by atoms with Crippen LogP contribution in [0.15, 0.2) is 186 Å². The third-order valence-corrected chi connectivity index (χ3v) is 10.9. The molecule has 0 spiro atoms. The van der Waals surface area contributed by atoms with Crippen LogP contribution in [0.1, 0.15) is 0 Å². The van der Waals surface area contributed by atoms with Gasteiger partial charge in [0.05, 0.1) is 0 Å². The largest absolute Gasteiger partial charge is 0.455 e. The van der Waals surface area contributed by atoms with Crippen molar-refractivity contribution >= 4 is 75.8 Å². The van der Waals surface area contributed by atoms with Gasteiger partial charge in [-0.25, -0.2) is 0 Å². The fourth-order valence-electron chi connectivity index (χ4n) is 8.59. The first-order valence-electron chi connectivity index (χ1n) is 17.6. The van der Waals surface area contributed by atoms with E-state index in [1.54, 1.807) is 0 Å². The first-order chi connectivity index (χ1) is 25.3. The molecule has 0 bridgehead atoms. The predicted molar refractivity (Wildman–Crippen MR) is 218 cm³/mol. The lowest BCUT2D eigenvalue weighted by molar-refractivity contribution is 0.673. The van der Waals surface area contributed by atoms with Crippen molar-refractivity contribution in [1.82, 2.24) is 0 Å². The quantitative estimate of drug-likeness (QED) is 0.174. The van der Waals surface area contributed by atoms with Crippen LogP contribution in [0.25, 0.3) is 109 Å². The van der Waals surface area contributed by atoms with Gasteiger partial charge >= 0.3 is 0 Å². The molecule has 0 aliphatic rings. The van der Waals surface area contributed by atoms with Crippen LogP contribution in [0.2, 0.25) is 0 Å². The maximum Gasteiger partial charge on any atom is 0.143 e. The molecule has 11 rings (SSSR count). The maximum atomic E-state index is 6.60. The minimum atomic E-state index is 0.910. The predicted octanol–water partition coefficient (Wildman–Crippen LogP) is 14.4. The van der Waals surface area contributed by atoms with Gasteiger partial charge in [0, 0.05) is 16.2 Å². The summed E-state index contributed by atoms with van der Waals surface area (Å²) in [5.74, 6) is 0. The molecule has 0 aliphatic carbocycles. The molecule has 0 saturated heterocycles. The summed E-state index contributed by atoms with van der Waals surface area (Å²) in [5.41, 5.74) is 9.27. The Kier molecular flexibility index (Phi) is 6.02. The minimum Gasteiger partial charge on any atom is -0.455 e. The maximum absolute atomic E-state index is 6.60. The molecule has 0 saturated carbocycles. The first-order valence-corrected chi connectivity index (χ1v) is 17.6. The minimum absolute atomic E-state index is 0.910. The summed E-state index contributed by atoms with van der Waals surface area (Å²) >= 11 is 0. The van der Waals surface area contributed by atoms with Crippen molar-refractivity contribution < 1.29 is 4.42 Å². The summed E-state index contributed by atoms with van der Waals surface area (Å²) in [6.45, 7) is 0. The summed E-state index contributed by atoms with van der Waals surface area (Å²) < 4.78 is 6.60. The Morgan fingerprint density at radius 3 is 1.41 bits per heavy atom. The van der Waals surface area contributed by atoms with Gasteiger partial charge in [-0.3, -0.25) is 0 Å². The molecule has 0 radical (unpaired) electrons. The second-order valence-corrected chi connectivity index (χ2v) is 13.6. The van der Waals surface area contributed by atoms with Gasteiger partial charge in [-0.05, 0) is 100 Å². The summed E-state index contributed by atoms with van der Waals surface area (Å²) in [5, 5.41) is 14.7. The van der Waals surface area contributed by atoms with E-state index in [2.05, 4.69) is 182 Å². The molecule has 1 nitrogen and oxygen atoms in total. The lowest BCUT2D eigenvalue weighted by Gasteiger charge is -2.20. The second kappa shape index (κ2) is 10.9. The smallest absolute Gasteiger partial charge is 0.143 e. The molecule has 1 heteroatoms. The molecule has 0 unspecified atom stereocenters. The van der Waals surface area contributed by atoms with Gasteiger partial charge in [-0.2, -0.15) is 0 Å². The van der Waals surface area contributed by atoms with Crippen LogP contribution in [-0.4, -0.2) is 0 Å². The van der Waals surface area contributed by atoms with E-state index >= 15 is 0 Å². The van der Waals surface area contributed by atoms with E-state index in [0.717, 1.165) is 32.9 Å². The SMILES string of the molecule is c1ccc2c(-c3c4ccccc4c(-c4ccc(-c5ccc6c(c5)oc5c7ccccc7ccc65)c5ccccc45)c4ccccc34)cccc2c1. The molecule has 1 heterocycles. The average molecular weight is 647 g/mol. The van der Waals surface area contributed by atoms with Gasteiger partial charge in [0.15, 0.2) is 0 Å². The highest BCUT2D eigenvalue weighted by Gasteiger charge is 2.20. The Hall–Kier alpha value is -6.70. The monoisotopic (exact) mass is 646 g/mol. The lowest BCUT2D eigenvalue weighted by Crippen LogP contribution is -1.93. The first kappa shape index (κ1) is 28.2. The molecule has 1 aromatic heterocycles. The average Bonchev–Trinajstić information content (AvgIpc) is 3.58. The van der Waals surface area contributed by atoms with Crippen molar-refractivity contribution in [2.75, 3.05) is 0 Å². The molecular formula is C50H30O. The second-order valence-electron chi connectivity index (χ2n) is 13.6. The van der Waals surface area contributed by atoms with Gasteiger partial charge in [0.2, 0.25) is 0 Å². The summed E-state index contributed by atoms with van der Waals surface area (Å²) in [6.07, 6.45) is 0. The van der Waals surface area contributed by atoms with Crippen molar-refractivity contribution in [2.24, 2.45) is 0 Å². The van der Waals surface area contributed by atoms with Crippen molar-refractivity contribution in [1.29, 1.82) is 0 Å². The molecular weight excluding hydrogens is 617 g/mol. The number of furan rings is 1. The standard InChI is InChI=1S/C50H30O/c1-3-15-34-31(12-1)14-11-23-40(34)48-41-19-7-9-21-43(41)49(44-22-10-8-20-42(44)48)45-29-28-35(37-17-5-6-18-38(37)45)33-25-26-39-46-27-24-32-13-2-4-16-36(32)50(46)51-47(39)30-33/h1-30H. The zero-order valence-corrected chi connectivity index (χ0v) is 27.7. The van der Waals surface area contributed by atoms with Gasteiger partial charge in [0.25, 0.3) is 0 Å². The van der Waals surface area contributed by atoms with Crippen molar-refractivity contribution in [3.8, 4) is 33.4 Å². The van der Waals surface area contributed by atoms with E-state index in [-0.39, 0.29) is 0 Å². The van der Waals surface area contributed by atoms with Crippen molar-refractivity contribution in [2.45, 2.75) is 0 Å². The third-order valence-electron chi connectivity index (χ3n) is 10.9. The Morgan fingerprint density at radius 1 is 0.275 bits per heavy atom. The highest BCUT2D eigenvalue weighted by molar-refractivity contribution is 6.26. The van der Waals surface area contributed by atoms with E-state index < -0.39 is 0 Å². The van der Waals surface area contributed by atoms with Crippen LogP contribution in [0.3, 0.4) is 0 Å². The van der Waals surface area contributed by atoms with Crippen LogP contribution < -0.4 is 0 Å². The van der Waals surface area contributed by atoms with E-state index in [1.807, 2.05) is 0 Å². The lowest BCUT2D eigenvalue weighted by atomic mass is 9.83. The highest BCUT2D eigenvalue weighted by Crippen LogP contribution is 2.47. The fraction of sp³-hybridized carbons (Fsp3) is 0. The van der Waals surface area contributed by atoms with Gasteiger partial charge in [-0.15, -0.1) is 0 Å². The summed E-state index contributed by atoms with van der Waals surface area (Å²) in [4.78, 5) is 0. The van der Waals surface area contributed by atoms with Crippen LogP contribution in [0.4, 0.5) is 0 Å². The topological polar surface area (TPSA) is 13.1 Å². The van der Waals surface area contributed by atoms with E-state index in [9.17, 15) is 0 Å². The fourth-order valence-corrected chi connectivity index (χ4v) is 8.59. The molecule has 0 aliphatic heterocycles. The molecule has 0 atom stereocenters. The number of benzene rings is 10. The summed E-state index contributed by atoms with van der Waals surface area (Å²) in [6, 6.07) is 66.3. The third kappa shape index (κ3) is 4.16. The van der Waals surface area contributed by atoms with E-state index in [4.69, 9.17) is 4.42 Å². The molecule has 51 heavy (non-hydrogen) atoms. The van der Waals surface area contributed by atoms with Crippen molar-refractivity contribution in [3.63, 3.8) is 0 Å². The molecule has 0 N–H and O–H groups in total. The number of hydrogen-bond acceptors (Lipinski definition) is 1. The number of hydrogen-bond donors (Lipinski definition) is 0. The molecule has 0 fully saturated rings. The normalized spacial score (nSPS) is 11.9. The zero-order chi connectivity index (χ0) is 33.5. The molecule has 10 aromatic carbocycles. The van der Waals surface area contributed by atoms with Gasteiger partial charge < -0.3 is 4.42 Å². The number of rotatable bonds is 3. The van der Waals surface area contributed by atoms with Crippen molar-refractivity contribution in [3.05, 3.63) is 182 Å². The van der Waals surface area contributed by atoms with Gasteiger partial charge in [0.1, 0.15) is 11.2 Å².